The Morgan fingerprint density at radius 3 is 2.74 bits per heavy atom. The maximum Gasteiger partial charge on any atom is 0.269 e. The average Bonchev–Trinajstić information content (AvgIpc) is 3.43. The molecule has 0 unspecified atom stereocenters. The van der Waals surface area contributed by atoms with Crippen LogP contribution in [0.15, 0.2) is 59.5 Å². The molecule has 6 rings (SSSR count). The molecule has 2 aromatic carbocycles. The van der Waals surface area contributed by atoms with Crippen LogP contribution in [-0.4, -0.2) is 26.1 Å². The Hall–Kier alpha value is -3.98. The zero-order chi connectivity index (χ0) is 23.9. The number of H-pyrrole nitrogens is 1. The van der Waals surface area contributed by atoms with E-state index in [1.54, 1.807) is 23.5 Å². The lowest BCUT2D eigenvalue weighted by molar-refractivity contribution is -0.384. The molecule has 9 heteroatoms. The van der Waals surface area contributed by atoms with E-state index in [2.05, 4.69) is 9.55 Å². The van der Waals surface area contributed by atoms with E-state index < -0.39 is 4.92 Å². The van der Waals surface area contributed by atoms with Crippen LogP contribution in [0.2, 0.25) is 0 Å². The van der Waals surface area contributed by atoms with Gasteiger partial charge in [0.2, 0.25) is 0 Å². The van der Waals surface area contributed by atoms with Gasteiger partial charge < -0.3 is 14.3 Å². The monoisotopic (exact) mass is 486 g/mol. The summed E-state index contributed by atoms with van der Waals surface area (Å²) in [6.45, 7) is 0.952. The zero-order valence-electron chi connectivity index (χ0n) is 18.8. The van der Waals surface area contributed by atoms with Crippen LogP contribution in [-0.2, 0) is 19.4 Å². The van der Waals surface area contributed by atoms with Crippen molar-refractivity contribution in [3.63, 3.8) is 0 Å². The zero-order valence-corrected chi connectivity index (χ0v) is 19.6. The molecular weight excluding hydrogens is 464 g/mol. The first kappa shape index (κ1) is 21.5. The lowest BCUT2D eigenvalue weighted by Crippen LogP contribution is -2.11. The quantitative estimate of drug-likeness (QED) is 0.253. The van der Waals surface area contributed by atoms with Gasteiger partial charge in [-0.05, 0) is 49.4 Å². The fourth-order valence-electron chi connectivity index (χ4n) is 4.84. The highest BCUT2D eigenvalue weighted by molar-refractivity contribution is 7.18. The molecule has 1 aliphatic rings. The summed E-state index contributed by atoms with van der Waals surface area (Å²) in [7, 11) is 0. The van der Waals surface area contributed by atoms with Gasteiger partial charge in [-0.3, -0.25) is 14.9 Å². The average molecular weight is 487 g/mol. The van der Waals surface area contributed by atoms with E-state index in [0.717, 1.165) is 45.9 Å². The molecule has 0 saturated carbocycles. The minimum Gasteiger partial charge on any atom is -0.492 e. The molecular formula is C26H22N4O4S. The third-order valence-electron chi connectivity index (χ3n) is 6.52. The van der Waals surface area contributed by atoms with Gasteiger partial charge in [-0.1, -0.05) is 18.2 Å². The minimum absolute atomic E-state index is 0.0310. The van der Waals surface area contributed by atoms with Crippen molar-refractivity contribution in [3.05, 3.63) is 85.6 Å². The van der Waals surface area contributed by atoms with Crippen molar-refractivity contribution in [2.45, 2.75) is 32.2 Å². The van der Waals surface area contributed by atoms with Crippen molar-refractivity contribution in [2.24, 2.45) is 0 Å². The Kier molecular flexibility index (Phi) is 5.33. The minimum atomic E-state index is -0.432. The number of aromatic nitrogens is 3. The number of ether oxygens (including phenoxy) is 1. The number of nitro benzene ring substituents is 1. The molecule has 3 heterocycles. The van der Waals surface area contributed by atoms with Gasteiger partial charge in [0, 0.05) is 39.7 Å². The highest BCUT2D eigenvalue weighted by atomic mass is 32.1. The number of nitrogens with zero attached hydrogens (tertiary/aromatic N) is 3. The Balaban J connectivity index is 1.31. The van der Waals surface area contributed by atoms with Crippen LogP contribution in [0.5, 0.6) is 5.75 Å². The second-order valence-corrected chi connectivity index (χ2v) is 9.74. The fourth-order valence-corrected chi connectivity index (χ4v) is 6.10. The van der Waals surface area contributed by atoms with Gasteiger partial charge in [0.1, 0.15) is 23.0 Å². The van der Waals surface area contributed by atoms with E-state index in [0.29, 0.717) is 24.7 Å². The van der Waals surface area contributed by atoms with Crippen molar-refractivity contribution in [3.8, 4) is 17.1 Å². The second-order valence-electron chi connectivity index (χ2n) is 8.66. The number of aryl methyl sites for hydroxylation is 2. The van der Waals surface area contributed by atoms with Crippen LogP contribution >= 0.6 is 11.3 Å². The SMILES string of the molecule is O=c1[nH]c(-c2cn(CCOc3ccc([N+](=O)[O-])cc3)c3ccccc23)nc2sc3c(c12)CCCC3. The van der Waals surface area contributed by atoms with E-state index in [1.165, 1.54) is 29.0 Å². The van der Waals surface area contributed by atoms with Crippen LogP contribution in [0, 0.1) is 10.1 Å². The van der Waals surface area contributed by atoms with Gasteiger partial charge in [-0.25, -0.2) is 4.98 Å². The predicted octanol–water partition coefficient (Wildman–Crippen LogP) is 5.47. The molecule has 1 aliphatic carbocycles. The van der Waals surface area contributed by atoms with Crippen LogP contribution in [0.4, 0.5) is 5.69 Å². The number of non-ortho nitro benzene ring substituents is 1. The van der Waals surface area contributed by atoms with Gasteiger partial charge >= 0.3 is 0 Å². The lowest BCUT2D eigenvalue weighted by atomic mass is 9.97. The number of hydrogen-bond acceptors (Lipinski definition) is 6. The first-order valence-corrected chi connectivity index (χ1v) is 12.4. The Morgan fingerprint density at radius 1 is 1.11 bits per heavy atom. The van der Waals surface area contributed by atoms with Crippen LogP contribution in [0.3, 0.4) is 0 Å². The number of thiophene rings is 1. The molecule has 0 saturated heterocycles. The van der Waals surface area contributed by atoms with E-state index in [-0.39, 0.29) is 11.2 Å². The molecule has 0 bridgehead atoms. The molecule has 176 valence electrons. The number of rotatable bonds is 6. The summed E-state index contributed by atoms with van der Waals surface area (Å²) in [5.41, 5.74) is 3.04. The van der Waals surface area contributed by atoms with Crippen LogP contribution in [0.1, 0.15) is 23.3 Å². The second kappa shape index (κ2) is 8.66. The van der Waals surface area contributed by atoms with Crippen molar-refractivity contribution in [1.82, 2.24) is 14.5 Å². The van der Waals surface area contributed by atoms with Crippen molar-refractivity contribution in [1.29, 1.82) is 0 Å². The number of benzene rings is 2. The summed E-state index contributed by atoms with van der Waals surface area (Å²) < 4.78 is 7.90. The molecule has 0 amide bonds. The molecule has 8 nitrogen and oxygen atoms in total. The third-order valence-corrected chi connectivity index (χ3v) is 7.70. The van der Waals surface area contributed by atoms with Crippen LogP contribution < -0.4 is 10.3 Å². The first-order chi connectivity index (χ1) is 17.1. The molecule has 35 heavy (non-hydrogen) atoms. The number of fused-ring (bicyclic) bond motifs is 4. The summed E-state index contributed by atoms with van der Waals surface area (Å²) in [4.78, 5) is 33.5. The number of aromatic amines is 1. The lowest BCUT2D eigenvalue weighted by Gasteiger charge is -2.09. The third kappa shape index (κ3) is 3.87. The molecule has 0 spiro atoms. The summed E-state index contributed by atoms with van der Waals surface area (Å²) >= 11 is 1.65. The first-order valence-electron chi connectivity index (χ1n) is 11.6. The topological polar surface area (TPSA) is 103 Å². The van der Waals surface area contributed by atoms with E-state index in [9.17, 15) is 14.9 Å². The van der Waals surface area contributed by atoms with Gasteiger partial charge in [0.05, 0.1) is 16.9 Å². The van der Waals surface area contributed by atoms with Gasteiger partial charge in [-0.15, -0.1) is 11.3 Å². The highest BCUT2D eigenvalue weighted by Crippen LogP contribution is 2.35. The summed E-state index contributed by atoms with van der Waals surface area (Å²) in [5, 5.41) is 12.6. The number of hydrogen-bond donors (Lipinski definition) is 1. The maximum atomic E-state index is 13.1. The Bertz CT molecular complexity index is 1630. The summed E-state index contributed by atoms with van der Waals surface area (Å²) in [6, 6.07) is 14.1. The molecule has 0 fully saturated rings. The van der Waals surface area contributed by atoms with Gasteiger partial charge in [0.25, 0.3) is 11.2 Å². The Morgan fingerprint density at radius 2 is 1.91 bits per heavy atom. The summed E-state index contributed by atoms with van der Waals surface area (Å²) in [6.07, 6.45) is 6.27. The fraction of sp³-hybridized carbons (Fsp3) is 0.231. The number of nitrogens with one attached hydrogen (secondary N) is 1. The predicted molar refractivity (Wildman–Crippen MR) is 136 cm³/mol. The van der Waals surface area contributed by atoms with Crippen molar-refractivity contribution in [2.75, 3.05) is 6.61 Å². The van der Waals surface area contributed by atoms with Crippen molar-refractivity contribution < 1.29 is 9.66 Å². The summed E-state index contributed by atoms with van der Waals surface area (Å²) in [5.74, 6) is 1.15. The van der Waals surface area contributed by atoms with E-state index in [4.69, 9.17) is 9.72 Å². The molecule has 0 atom stereocenters. The standard InChI is InChI=1S/C26H22N4O4S/c31-25-23-19-6-2-4-8-22(19)35-26(23)28-24(27-25)20-15-29(21-7-3-1-5-18(20)21)13-14-34-17-11-9-16(10-12-17)30(32)33/h1,3,5,7,9-12,15H,2,4,6,8,13-14H2,(H,27,28,31). The van der Waals surface area contributed by atoms with E-state index >= 15 is 0 Å². The Labute approximate surface area is 204 Å². The largest absolute Gasteiger partial charge is 0.492 e. The van der Waals surface area contributed by atoms with Gasteiger partial charge in [0.15, 0.2) is 0 Å². The molecule has 0 radical (unpaired) electrons. The number of nitro groups is 1. The number of para-hydroxylation sites is 1. The molecule has 3 aromatic heterocycles. The smallest absolute Gasteiger partial charge is 0.269 e. The van der Waals surface area contributed by atoms with Crippen LogP contribution in [0.25, 0.3) is 32.5 Å². The molecule has 5 aromatic rings. The maximum absolute atomic E-state index is 13.1. The van der Waals surface area contributed by atoms with Gasteiger partial charge in [-0.2, -0.15) is 0 Å². The molecule has 0 aliphatic heterocycles. The normalized spacial score (nSPS) is 13.3. The van der Waals surface area contributed by atoms with E-state index in [1.807, 2.05) is 30.5 Å². The molecule has 1 N–H and O–H groups in total. The van der Waals surface area contributed by atoms with Crippen molar-refractivity contribution >= 4 is 38.1 Å². The highest BCUT2D eigenvalue weighted by Gasteiger charge is 2.21.